The molecule has 8 heteroatoms. The van der Waals surface area contributed by atoms with E-state index in [2.05, 4.69) is 10.2 Å². The van der Waals surface area contributed by atoms with Crippen molar-refractivity contribution in [2.75, 3.05) is 7.11 Å². The van der Waals surface area contributed by atoms with Crippen LogP contribution in [0.25, 0.3) is 0 Å². The number of hydrogen-bond donors (Lipinski definition) is 1. The van der Waals surface area contributed by atoms with Crippen molar-refractivity contribution in [3.05, 3.63) is 65.7 Å². The SMILES string of the molecule is COc1ccc(/C(C)=N\N=C(N)S[C@@H]2CC(=O)N(Cc3ccccc3)C2=O)cc1. The van der Waals surface area contributed by atoms with Crippen LogP contribution in [0.1, 0.15) is 24.5 Å². The van der Waals surface area contributed by atoms with Crippen LogP contribution in [0.3, 0.4) is 0 Å². The van der Waals surface area contributed by atoms with Crippen molar-refractivity contribution < 1.29 is 14.3 Å². The van der Waals surface area contributed by atoms with E-state index in [1.165, 1.54) is 4.90 Å². The first kappa shape index (κ1) is 20.6. The number of methoxy groups -OCH3 is 1. The number of rotatable bonds is 6. The average molecular weight is 410 g/mol. The highest BCUT2D eigenvalue weighted by Crippen LogP contribution is 2.26. The van der Waals surface area contributed by atoms with Crippen LogP contribution in [-0.2, 0) is 16.1 Å². The van der Waals surface area contributed by atoms with Crippen LogP contribution >= 0.6 is 11.8 Å². The number of thioether (sulfide) groups is 1. The minimum atomic E-state index is -0.577. The number of nitrogens with zero attached hydrogens (tertiary/aromatic N) is 3. The van der Waals surface area contributed by atoms with E-state index in [0.29, 0.717) is 5.71 Å². The van der Waals surface area contributed by atoms with E-state index in [9.17, 15) is 9.59 Å². The fourth-order valence-electron chi connectivity index (χ4n) is 2.86. The smallest absolute Gasteiger partial charge is 0.243 e. The van der Waals surface area contributed by atoms with E-state index in [1.807, 2.05) is 61.5 Å². The normalized spacial score (nSPS) is 17.7. The Morgan fingerprint density at radius 2 is 1.83 bits per heavy atom. The van der Waals surface area contributed by atoms with Crippen molar-refractivity contribution in [3.8, 4) is 5.75 Å². The summed E-state index contributed by atoms with van der Waals surface area (Å²) in [6, 6.07) is 16.8. The topological polar surface area (TPSA) is 97.3 Å². The molecule has 1 saturated heterocycles. The van der Waals surface area contributed by atoms with Gasteiger partial charge in [-0.05, 0) is 42.3 Å². The molecule has 0 unspecified atom stereocenters. The van der Waals surface area contributed by atoms with Crippen molar-refractivity contribution in [1.29, 1.82) is 0 Å². The van der Waals surface area contributed by atoms with Gasteiger partial charge in [0.1, 0.15) is 11.0 Å². The minimum absolute atomic E-state index is 0.105. The lowest BCUT2D eigenvalue weighted by Gasteiger charge is -2.14. The van der Waals surface area contributed by atoms with Gasteiger partial charge in [0.05, 0.1) is 19.4 Å². The van der Waals surface area contributed by atoms with Crippen LogP contribution in [0, 0.1) is 0 Å². The first-order valence-corrected chi connectivity index (χ1v) is 9.93. The van der Waals surface area contributed by atoms with Gasteiger partial charge in [0, 0.05) is 6.42 Å². The van der Waals surface area contributed by atoms with E-state index in [-0.39, 0.29) is 29.9 Å². The van der Waals surface area contributed by atoms with Gasteiger partial charge in [-0.2, -0.15) is 5.10 Å². The third-order valence-corrected chi connectivity index (χ3v) is 5.43. The number of ether oxygens (including phenoxy) is 1. The number of nitrogens with two attached hydrogens (primary N) is 1. The summed E-state index contributed by atoms with van der Waals surface area (Å²) in [6.45, 7) is 2.08. The molecule has 0 saturated carbocycles. The van der Waals surface area contributed by atoms with Crippen molar-refractivity contribution in [3.63, 3.8) is 0 Å². The van der Waals surface area contributed by atoms with Gasteiger partial charge < -0.3 is 10.5 Å². The number of carbonyl (C=O) groups excluding carboxylic acids is 2. The summed E-state index contributed by atoms with van der Waals surface area (Å²) in [6.07, 6.45) is 0.105. The molecule has 2 aromatic carbocycles. The van der Waals surface area contributed by atoms with Gasteiger partial charge in [-0.1, -0.05) is 42.1 Å². The fourth-order valence-corrected chi connectivity index (χ4v) is 3.69. The maximum absolute atomic E-state index is 12.6. The minimum Gasteiger partial charge on any atom is -0.497 e. The number of amides is 2. The van der Waals surface area contributed by atoms with Crippen molar-refractivity contribution in [1.82, 2.24) is 4.90 Å². The predicted molar refractivity (Wildman–Crippen MR) is 115 cm³/mol. The van der Waals surface area contributed by atoms with Crippen molar-refractivity contribution >= 4 is 34.5 Å². The van der Waals surface area contributed by atoms with E-state index in [1.54, 1.807) is 7.11 Å². The molecular formula is C21H22N4O3S. The van der Waals surface area contributed by atoms with Crippen LogP contribution in [0.5, 0.6) is 5.75 Å². The second-order valence-electron chi connectivity index (χ2n) is 6.47. The van der Waals surface area contributed by atoms with Crippen LogP contribution in [-0.4, -0.2) is 40.0 Å². The van der Waals surface area contributed by atoms with Gasteiger partial charge in [0.15, 0.2) is 5.17 Å². The molecule has 1 heterocycles. The number of amidine groups is 1. The third kappa shape index (κ3) is 5.23. The zero-order valence-electron chi connectivity index (χ0n) is 16.2. The van der Waals surface area contributed by atoms with Gasteiger partial charge in [0.2, 0.25) is 11.8 Å². The Morgan fingerprint density at radius 1 is 1.14 bits per heavy atom. The van der Waals surface area contributed by atoms with E-state index >= 15 is 0 Å². The molecule has 7 nitrogen and oxygen atoms in total. The van der Waals surface area contributed by atoms with E-state index in [0.717, 1.165) is 28.6 Å². The Morgan fingerprint density at radius 3 is 2.48 bits per heavy atom. The summed E-state index contributed by atoms with van der Waals surface area (Å²) >= 11 is 1.07. The third-order valence-electron chi connectivity index (χ3n) is 4.46. The number of carbonyl (C=O) groups is 2. The van der Waals surface area contributed by atoms with E-state index < -0.39 is 5.25 Å². The quantitative estimate of drug-likeness (QED) is 0.342. The predicted octanol–water partition coefficient (Wildman–Crippen LogP) is 2.79. The average Bonchev–Trinajstić information content (AvgIpc) is 3.00. The molecule has 0 radical (unpaired) electrons. The Balaban J connectivity index is 1.62. The molecular weight excluding hydrogens is 388 g/mol. The molecule has 1 atom stereocenters. The second kappa shape index (κ2) is 9.38. The first-order chi connectivity index (χ1) is 14.0. The second-order valence-corrected chi connectivity index (χ2v) is 7.69. The maximum atomic E-state index is 12.6. The van der Waals surface area contributed by atoms with Gasteiger partial charge in [0.25, 0.3) is 0 Å². The Kier molecular flexibility index (Phi) is 6.66. The van der Waals surface area contributed by atoms with Crippen LogP contribution in [0.4, 0.5) is 0 Å². The Bertz CT molecular complexity index is 942. The summed E-state index contributed by atoms with van der Waals surface area (Å²) in [5.41, 5.74) is 8.40. The molecule has 1 fully saturated rings. The van der Waals surface area contributed by atoms with Crippen molar-refractivity contribution in [2.24, 2.45) is 15.9 Å². The highest BCUT2D eigenvalue weighted by atomic mass is 32.2. The molecule has 1 aliphatic heterocycles. The number of imide groups is 1. The molecule has 29 heavy (non-hydrogen) atoms. The molecule has 0 spiro atoms. The Hall–Kier alpha value is -3.13. The van der Waals surface area contributed by atoms with Crippen molar-refractivity contribution in [2.45, 2.75) is 25.1 Å². The molecule has 0 aliphatic carbocycles. The zero-order valence-corrected chi connectivity index (χ0v) is 17.1. The summed E-state index contributed by atoms with van der Waals surface area (Å²) < 4.78 is 5.13. The molecule has 0 bridgehead atoms. The lowest BCUT2D eigenvalue weighted by atomic mass is 10.1. The molecule has 2 aromatic rings. The van der Waals surface area contributed by atoms with Gasteiger partial charge in [-0.15, -0.1) is 5.10 Å². The highest BCUT2D eigenvalue weighted by Gasteiger charge is 2.39. The summed E-state index contributed by atoms with van der Waals surface area (Å²) in [5.74, 6) is 0.296. The largest absolute Gasteiger partial charge is 0.497 e. The first-order valence-electron chi connectivity index (χ1n) is 9.05. The summed E-state index contributed by atoms with van der Waals surface area (Å²) in [7, 11) is 1.61. The summed E-state index contributed by atoms with van der Waals surface area (Å²) in [5, 5.41) is 7.70. The molecule has 2 amide bonds. The van der Waals surface area contributed by atoms with Crippen LogP contribution < -0.4 is 10.5 Å². The molecule has 0 aromatic heterocycles. The van der Waals surface area contributed by atoms with Gasteiger partial charge in [-0.25, -0.2) is 0 Å². The van der Waals surface area contributed by atoms with Gasteiger partial charge in [-0.3, -0.25) is 14.5 Å². The Labute approximate surface area is 173 Å². The lowest BCUT2D eigenvalue weighted by Crippen LogP contribution is -2.31. The van der Waals surface area contributed by atoms with Gasteiger partial charge >= 0.3 is 0 Å². The number of hydrogen-bond acceptors (Lipinski definition) is 6. The van der Waals surface area contributed by atoms with E-state index in [4.69, 9.17) is 10.5 Å². The summed E-state index contributed by atoms with van der Waals surface area (Å²) in [4.78, 5) is 26.1. The molecule has 3 rings (SSSR count). The fraction of sp³-hybridized carbons (Fsp3) is 0.238. The molecule has 150 valence electrons. The molecule has 1 aliphatic rings. The number of likely N-dealkylation sites (tertiary alicyclic amines) is 1. The molecule has 2 N–H and O–H groups in total. The monoisotopic (exact) mass is 410 g/mol. The number of benzene rings is 2. The van der Waals surface area contributed by atoms with Crippen LogP contribution in [0.2, 0.25) is 0 Å². The lowest BCUT2D eigenvalue weighted by molar-refractivity contribution is -0.138. The van der Waals surface area contributed by atoms with Crippen LogP contribution in [0.15, 0.2) is 64.8 Å². The standard InChI is InChI=1S/C21H22N4O3S/c1-14(16-8-10-17(28-2)11-9-16)23-24-21(22)29-18-12-19(26)25(20(18)27)13-15-6-4-3-5-7-15/h3-11,18H,12-13H2,1-2H3,(H2,22,24)/b23-14-/t18-/m1/s1. The maximum Gasteiger partial charge on any atom is 0.243 e. The zero-order chi connectivity index (χ0) is 20.8. The highest BCUT2D eigenvalue weighted by molar-refractivity contribution is 8.14.